The maximum atomic E-state index is 12.0. The smallest absolute Gasteiger partial charge is 0.271 e. The summed E-state index contributed by atoms with van der Waals surface area (Å²) in [5.74, 6) is 2.21. The summed E-state index contributed by atoms with van der Waals surface area (Å²) in [7, 11) is 0. The van der Waals surface area contributed by atoms with Crippen LogP contribution in [-0.4, -0.2) is 22.1 Å². The fraction of sp³-hybridized carbons (Fsp3) is 0.692. The lowest BCUT2D eigenvalue weighted by Gasteiger charge is -2.28. The van der Waals surface area contributed by atoms with E-state index in [2.05, 4.69) is 22.4 Å². The van der Waals surface area contributed by atoms with Crippen molar-refractivity contribution in [2.45, 2.75) is 38.6 Å². The van der Waals surface area contributed by atoms with Crippen LogP contribution >= 0.6 is 0 Å². The van der Waals surface area contributed by atoms with E-state index in [0.29, 0.717) is 17.3 Å². The molecule has 0 saturated heterocycles. The molecule has 1 aromatic rings. The second kappa shape index (κ2) is 4.30. The first-order valence-corrected chi connectivity index (χ1v) is 6.75. The van der Waals surface area contributed by atoms with Crippen LogP contribution in [-0.2, 0) is 0 Å². The zero-order chi connectivity index (χ0) is 12.7. The van der Waals surface area contributed by atoms with Crippen LogP contribution < -0.4 is 11.1 Å². The van der Waals surface area contributed by atoms with Gasteiger partial charge in [-0.3, -0.25) is 9.89 Å². The van der Waals surface area contributed by atoms with Gasteiger partial charge in [0.1, 0.15) is 5.69 Å². The topological polar surface area (TPSA) is 83.8 Å². The van der Waals surface area contributed by atoms with Gasteiger partial charge in [-0.1, -0.05) is 6.42 Å². The maximum Gasteiger partial charge on any atom is 0.271 e. The van der Waals surface area contributed by atoms with E-state index in [9.17, 15) is 4.79 Å². The summed E-state index contributed by atoms with van der Waals surface area (Å²) >= 11 is 0. The number of anilines is 1. The summed E-state index contributed by atoms with van der Waals surface area (Å²) in [5, 5.41) is 9.48. The second-order valence-corrected chi connectivity index (χ2v) is 5.80. The Labute approximate surface area is 107 Å². The largest absolute Gasteiger partial charge is 0.396 e. The molecule has 0 spiro atoms. The number of hydrogen-bond acceptors (Lipinski definition) is 3. The molecule has 98 valence electrons. The van der Waals surface area contributed by atoms with E-state index in [1.165, 1.54) is 31.9 Å². The van der Waals surface area contributed by atoms with E-state index in [1.807, 2.05) is 0 Å². The van der Waals surface area contributed by atoms with Crippen molar-refractivity contribution >= 4 is 11.6 Å². The summed E-state index contributed by atoms with van der Waals surface area (Å²) in [6.45, 7) is 2.11. The minimum atomic E-state index is -0.139. The van der Waals surface area contributed by atoms with E-state index in [1.54, 1.807) is 0 Å². The summed E-state index contributed by atoms with van der Waals surface area (Å²) in [6.07, 6.45) is 6.82. The summed E-state index contributed by atoms with van der Waals surface area (Å²) in [5.41, 5.74) is 6.47. The fourth-order valence-corrected chi connectivity index (χ4v) is 3.77. The molecule has 1 heterocycles. The Morgan fingerprint density at radius 2 is 2.39 bits per heavy atom. The molecule has 5 nitrogen and oxygen atoms in total. The predicted octanol–water partition coefficient (Wildman–Crippen LogP) is 1.55. The molecule has 4 unspecified atom stereocenters. The van der Waals surface area contributed by atoms with E-state index in [4.69, 9.17) is 5.73 Å². The highest BCUT2D eigenvalue weighted by Crippen LogP contribution is 2.49. The quantitative estimate of drug-likeness (QED) is 0.758. The Morgan fingerprint density at radius 3 is 2.94 bits per heavy atom. The molecule has 5 heteroatoms. The van der Waals surface area contributed by atoms with Crippen molar-refractivity contribution in [3.63, 3.8) is 0 Å². The van der Waals surface area contributed by atoms with E-state index in [-0.39, 0.29) is 11.9 Å². The van der Waals surface area contributed by atoms with Gasteiger partial charge >= 0.3 is 0 Å². The fourth-order valence-electron chi connectivity index (χ4n) is 3.77. The number of nitrogens with zero attached hydrogens (tertiary/aromatic N) is 1. The molecule has 3 rings (SSSR count). The van der Waals surface area contributed by atoms with Crippen molar-refractivity contribution in [2.75, 3.05) is 5.73 Å². The molecule has 1 amide bonds. The number of H-pyrrole nitrogens is 1. The third-order valence-electron chi connectivity index (χ3n) is 4.69. The van der Waals surface area contributed by atoms with Crippen molar-refractivity contribution in [1.29, 1.82) is 0 Å². The minimum absolute atomic E-state index is 0.139. The SMILES string of the molecule is CC(NC(=O)c1[nH]ncc1N)C1CC2CCC1C2. The molecule has 4 atom stereocenters. The predicted molar refractivity (Wildman–Crippen MR) is 68.9 cm³/mol. The highest BCUT2D eigenvalue weighted by molar-refractivity contribution is 5.97. The number of hydrogen-bond donors (Lipinski definition) is 3. The van der Waals surface area contributed by atoms with Gasteiger partial charge in [-0.25, -0.2) is 0 Å². The Bertz CT molecular complexity index is 456. The number of nitrogen functional groups attached to an aromatic ring is 1. The first-order chi connectivity index (χ1) is 8.65. The van der Waals surface area contributed by atoms with E-state index < -0.39 is 0 Å². The Morgan fingerprint density at radius 1 is 1.56 bits per heavy atom. The summed E-state index contributed by atoms with van der Waals surface area (Å²) in [4.78, 5) is 12.0. The van der Waals surface area contributed by atoms with Crippen molar-refractivity contribution in [1.82, 2.24) is 15.5 Å². The number of fused-ring (bicyclic) bond motifs is 2. The molecular weight excluding hydrogens is 228 g/mol. The monoisotopic (exact) mass is 248 g/mol. The molecule has 2 bridgehead atoms. The zero-order valence-electron chi connectivity index (χ0n) is 10.6. The van der Waals surface area contributed by atoms with Gasteiger partial charge in [0, 0.05) is 6.04 Å². The van der Waals surface area contributed by atoms with E-state index >= 15 is 0 Å². The first kappa shape index (κ1) is 11.6. The molecule has 2 aliphatic rings. The number of carbonyl (C=O) groups is 1. The molecule has 0 radical (unpaired) electrons. The molecule has 4 N–H and O–H groups in total. The highest BCUT2D eigenvalue weighted by atomic mass is 16.2. The zero-order valence-corrected chi connectivity index (χ0v) is 10.6. The average molecular weight is 248 g/mol. The third kappa shape index (κ3) is 1.87. The first-order valence-electron chi connectivity index (χ1n) is 6.75. The van der Waals surface area contributed by atoms with Gasteiger partial charge in [-0.15, -0.1) is 0 Å². The minimum Gasteiger partial charge on any atom is -0.396 e. The molecule has 2 fully saturated rings. The van der Waals surface area contributed by atoms with Crippen LogP contribution in [0.25, 0.3) is 0 Å². The number of nitrogens with two attached hydrogens (primary N) is 1. The van der Waals surface area contributed by atoms with Gasteiger partial charge in [0.25, 0.3) is 5.91 Å². The van der Waals surface area contributed by atoms with Gasteiger partial charge in [0.2, 0.25) is 0 Å². The van der Waals surface area contributed by atoms with Gasteiger partial charge in [0.15, 0.2) is 0 Å². The number of carbonyl (C=O) groups excluding carboxylic acids is 1. The van der Waals surface area contributed by atoms with Crippen LogP contribution in [0.4, 0.5) is 5.69 Å². The van der Waals surface area contributed by atoms with Crippen molar-refractivity contribution < 1.29 is 4.79 Å². The van der Waals surface area contributed by atoms with Crippen molar-refractivity contribution in [3.05, 3.63) is 11.9 Å². The standard InChI is InChI=1S/C13H20N4O/c1-7(10-5-8-2-3-9(10)4-8)16-13(18)12-11(14)6-15-17-12/h6-10H,2-5,14H2,1H3,(H,15,17)(H,16,18). The van der Waals surface area contributed by atoms with Gasteiger partial charge in [0.05, 0.1) is 11.9 Å². The van der Waals surface area contributed by atoms with Gasteiger partial charge < -0.3 is 11.1 Å². The maximum absolute atomic E-state index is 12.0. The van der Waals surface area contributed by atoms with Crippen LogP contribution in [0.2, 0.25) is 0 Å². The highest BCUT2D eigenvalue weighted by Gasteiger charge is 2.42. The second-order valence-electron chi connectivity index (χ2n) is 5.80. The van der Waals surface area contributed by atoms with Crippen LogP contribution in [0.3, 0.4) is 0 Å². The summed E-state index contributed by atoms with van der Waals surface area (Å²) in [6, 6.07) is 0.218. The number of aromatic amines is 1. The third-order valence-corrected chi connectivity index (χ3v) is 4.69. The lowest BCUT2D eigenvalue weighted by atomic mass is 9.84. The normalized spacial score (nSPS) is 31.5. The molecule has 18 heavy (non-hydrogen) atoms. The lowest BCUT2D eigenvalue weighted by molar-refractivity contribution is 0.0911. The molecule has 2 aliphatic carbocycles. The molecule has 0 aliphatic heterocycles. The molecular formula is C13H20N4O. The average Bonchev–Trinajstić information content (AvgIpc) is 3.03. The van der Waals surface area contributed by atoms with E-state index in [0.717, 1.165) is 11.8 Å². The molecule has 0 aromatic carbocycles. The van der Waals surface area contributed by atoms with Gasteiger partial charge in [-0.2, -0.15) is 5.10 Å². The summed E-state index contributed by atoms with van der Waals surface area (Å²) < 4.78 is 0. The number of rotatable bonds is 3. The van der Waals surface area contributed by atoms with Crippen LogP contribution in [0.15, 0.2) is 6.20 Å². The molecule has 1 aromatic heterocycles. The Kier molecular flexibility index (Phi) is 2.76. The van der Waals surface area contributed by atoms with Crippen molar-refractivity contribution in [2.24, 2.45) is 17.8 Å². The van der Waals surface area contributed by atoms with Crippen LogP contribution in [0.1, 0.15) is 43.1 Å². The van der Waals surface area contributed by atoms with Crippen LogP contribution in [0.5, 0.6) is 0 Å². The van der Waals surface area contributed by atoms with Gasteiger partial charge in [-0.05, 0) is 43.9 Å². The van der Waals surface area contributed by atoms with Crippen LogP contribution in [0, 0.1) is 17.8 Å². The molecule has 2 saturated carbocycles. The Hall–Kier alpha value is -1.52. The number of aromatic nitrogens is 2. The Balaban J connectivity index is 1.63. The van der Waals surface area contributed by atoms with Crippen molar-refractivity contribution in [3.8, 4) is 0 Å². The number of amides is 1. The lowest BCUT2D eigenvalue weighted by Crippen LogP contribution is -2.40. The number of nitrogens with one attached hydrogen (secondary N) is 2.